The highest BCUT2D eigenvalue weighted by Gasteiger charge is 2.29. The van der Waals surface area contributed by atoms with Crippen molar-refractivity contribution in [1.29, 1.82) is 5.26 Å². The van der Waals surface area contributed by atoms with Gasteiger partial charge < -0.3 is 5.32 Å². The van der Waals surface area contributed by atoms with Crippen molar-refractivity contribution in [2.75, 3.05) is 11.5 Å². The second kappa shape index (κ2) is 6.46. The van der Waals surface area contributed by atoms with E-state index in [0.717, 1.165) is 12.1 Å². The predicted molar refractivity (Wildman–Crippen MR) is 80.2 cm³/mol. The van der Waals surface area contributed by atoms with Gasteiger partial charge in [0.1, 0.15) is 17.5 Å². The first-order chi connectivity index (χ1) is 10.3. The van der Waals surface area contributed by atoms with Gasteiger partial charge in [-0.3, -0.25) is 4.79 Å². The number of sulfone groups is 1. The molecule has 1 amide bonds. The minimum Gasteiger partial charge on any atom is -0.348 e. The highest BCUT2D eigenvalue weighted by molar-refractivity contribution is 7.91. The third-order valence-corrected chi connectivity index (χ3v) is 5.32. The molecular weight excluding hydrogens is 331 g/mol. The van der Waals surface area contributed by atoms with E-state index in [1.807, 2.05) is 0 Å². The average molecular weight is 343 g/mol. The van der Waals surface area contributed by atoms with Crippen molar-refractivity contribution >= 4 is 33.4 Å². The van der Waals surface area contributed by atoms with Gasteiger partial charge >= 0.3 is 0 Å². The molecule has 0 spiro atoms. The SMILES string of the molecule is N#C/C(=C\c1c(F)cccc1Cl)C(=O)NC1CCS(=O)(=O)C1. The molecule has 8 heteroatoms. The molecule has 1 fully saturated rings. The fraction of sp³-hybridized carbons (Fsp3) is 0.286. The van der Waals surface area contributed by atoms with E-state index in [0.29, 0.717) is 6.42 Å². The normalized spacial score (nSPS) is 20.4. The van der Waals surface area contributed by atoms with Crippen molar-refractivity contribution < 1.29 is 17.6 Å². The van der Waals surface area contributed by atoms with Crippen LogP contribution in [0.2, 0.25) is 5.02 Å². The summed E-state index contributed by atoms with van der Waals surface area (Å²) in [6, 6.07) is 5.14. The van der Waals surface area contributed by atoms with Gasteiger partial charge in [0.25, 0.3) is 5.91 Å². The third kappa shape index (κ3) is 3.84. The fourth-order valence-electron chi connectivity index (χ4n) is 2.11. The lowest BCUT2D eigenvalue weighted by Gasteiger charge is -2.10. The van der Waals surface area contributed by atoms with Gasteiger partial charge in [-0.05, 0) is 24.6 Å². The molecular formula is C14H12ClFN2O3S. The molecule has 0 aromatic heterocycles. The number of amides is 1. The predicted octanol–water partition coefficient (Wildman–Crippen LogP) is 1.69. The molecule has 1 aromatic carbocycles. The van der Waals surface area contributed by atoms with Gasteiger partial charge in [0.2, 0.25) is 0 Å². The Hall–Kier alpha value is -1.91. The van der Waals surface area contributed by atoms with Gasteiger partial charge in [0.05, 0.1) is 16.5 Å². The van der Waals surface area contributed by atoms with E-state index in [9.17, 15) is 17.6 Å². The van der Waals surface area contributed by atoms with E-state index < -0.39 is 27.6 Å². The number of nitriles is 1. The summed E-state index contributed by atoms with van der Waals surface area (Å²) in [5.41, 5.74) is -0.397. The number of benzene rings is 1. The van der Waals surface area contributed by atoms with E-state index in [1.54, 1.807) is 6.07 Å². The highest BCUT2D eigenvalue weighted by Crippen LogP contribution is 2.22. The van der Waals surface area contributed by atoms with Crippen LogP contribution in [0.5, 0.6) is 0 Å². The smallest absolute Gasteiger partial charge is 0.262 e. The third-order valence-electron chi connectivity index (χ3n) is 3.22. The Kier molecular flexibility index (Phi) is 4.84. The maximum Gasteiger partial charge on any atom is 0.262 e. The lowest BCUT2D eigenvalue weighted by Crippen LogP contribution is -2.36. The van der Waals surface area contributed by atoms with Crippen molar-refractivity contribution in [1.82, 2.24) is 5.32 Å². The molecule has 116 valence electrons. The molecule has 0 saturated carbocycles. The summed E-state index contributed by atoms with van der Waals surface area (Å²) in [6.07, 6.45) is 1.35. The van der Waals surface area contributed by atoms with Crippen molar-refractivity contribution in [3.63, 3.8) is 0 Å². The highest BCUT2D eigenvalue weighted by atomic mass is 35.5. The largest absolute Gasteiger partial charge is 0.348 e. The van der Waals surface area contributed by atoms with Crippen molar-refractivity contribution in [3.05, 3.63) is 40.2 Å². The lowest BCUT2D eigenvalue weighted by atomic mass is 10.1. The Morgan fingerprint density at radius 1 is 1.50 bits per heavy atom. The van der Waals surface area contributed by atoms with Crippen LogP contribution in [0.25, 0.3) is 6.08 Å². The summed E-state index contributed by atoms with van der Waals surface area (Å²) in [4.78, 5) is 12.0. The van der Waals surface area contributed by atoms with Crippen LogP contribution in [0, 0.1) is 17.1 Å². The first-order valence-corrected chi connectivity index (χ1v) is 8.59. The van der Waals surface area contributed by atoms with E-state index in [1.165, 1.54) is 12.1 Å². The molecule has 1 aliphatic rings. The molecule has 2 rings (SSSR count). The van der Waals surface area contributed by atoms with Crippen molar-refractivity contribution in [2.24, 2.45) is 0 Å². The van der Waals surface area contributed by atoms with Crippen molar-refractivity contribution in [2.45, 2.75) is 12.5 Å². The summed E-state index contributed by atoms with van der Waals surface area (Å²) in [5.74, 6) is -1.55. The minimum absolute atomic E-state index is 0.00267. The van der Waals surface area contributed by atoms with E-state index in [-0.39, 0.29) is 27.7 Å². The fourth-order valence-corrected chi connectivity index (χ4v) is 4.00. The van der Waals surface area contributed by atoms with Crippen LogP contribution in [0.1, 0.15) is 12.0 Å². The summed E-state index contributed by atoms with van der Waals surface area (Å²) < 4.78 is 36.4. The number of nitrogens with one attached hydrogen (secondary N) is 1. The zero-order chi connectivity index (χ0) is 16.3. The van der Waals surface area contributed by atoms with E-state index in [4.69, 9.17) is 16.9 Å². The van der Waals surface area contributed by atoms with Gasteiger partial charge in [0.15, 0.2) is 9.84 Å². The lowest BCUT2D eigenvalue weighted by molar-refractivity contribution is -0.117. The van der Waals surface area contributed by atoms with Crippen LogP contribution in [-0.2, 0) is 14.6 Å². The van der Waals surface area contributed by atoms with Gasteiger partial charge in [-0.15, -0.1) is 0 Å². The van der Waals surface area contributed by atoms with Crippen LogP contribution >= 0.6 is 11.6 Å². The first-order valence-electron chi connectivity index (χ1n) is 6.39. The Labute approximate surface area is 132 Å². The standard InChI is InChI=1S/C14H12ClFN2O3S/c15-12-2-1-3-13(16)11(12)6-9(7-17)14(19)18-10-4-5-22(20,21)8-10/h1-3,6,10H,4-5,8H2,(H,18,19)/b9-6+. The second-order valence-electron chi connectivity index (χ2n) is 4.88. The van der Waals surface area contributed by atoms with Gasteiger partial charge in [-0.25, -0.2) is 12.8 Å². The molecule has 22 heavy (non-hydrogen) atoms. The monoisotopic (exact) mass is 342 g/mol. The molecule has 1 heterocycles. The van der Waals surface area contributed by atoms with Gasteiger partial charge in [-0.2, -0.15) is 5.26 Å². The maximum absolute atomic E-state index is 13.7. The molecule has 1 saturated heterocycles. The summed E-state index contributed by atoms with van der Waals surface area (Å²) in [6.45, 7) is 0. The van der Waals surface area contributed by atoms with Crippen LogP contribution < -0.4 is 5.32 Å². The summed E-state index contributed by atoms with van der Waals surface area (Å²) in [7, 11) is -3.14. The number of rotatable bonds is 3. The van der Waals surface area contributed by atoms with Crippen LogP contribution in [-0.4, -0.2) is 31.9 Å². The molecule has 1 aromatic rings. The number of nitrogens with zero attached hydrogens (tertiary/aromatic N) is 1. The minimum atomic E-state index is -3.14. The molecule has 1 N–H and O–H groups in total. The molecule has 0 aliphatic carbocycles. The quantitative estimate of drug-likeness (QED) is 0.669. The molecule has 5 nitrogen and oxygen atoms in total. The van der Waals surface area contributed by atoms with Crippen LogP contribution in [0.3, 0.4) is 0 Å². The van der Waals surface area contributed by atoms with E-state index in [2.05, 4.69) is 5.32 Å². The number of hydrogen-bond donors (Lipinski definition) is 1. The number of carbonyl (C=O) groups excluding carboxylic acids is 1. The second-order valence-corrected chi connectivity index (χ2v) is 7.51. The Morgan fingerprint density at radius 2 is 2.23 bits per heavy atom. The Bertz CT molecular complexity index is 764. The Balaban J connectivity index is 2.20. The first kappa shape index (κ1) is 16.5. The van der Waals surface area contributed by atoms with Gasteiger partial charge in [-0.1, -0.05) is 17.7 Å². The van der Waals surface area contributed by atoms with Crippen molar-refractivity contribution in [3.8, 4) is 6.07 Å². The van der Waals surface area contributed by atoms with E-state index >= 15 is 0 Å². The van der Waals surface area contributed by atoms with Crippen LogP contribution in [0.4, 0.5) is 4.39 Å². The molecule has 0 radical (unpaired) electrons. The average Bonchev–Trinajstić information content (AvgIpc) is 2.77. The number of hydrogen-bond acceptors (Lipinski definition) is 4. The summed E-state index contributed by atoms with van der Waals surface area (Å²) in [5, 5.41) is 11.6. The van der Waals surface area contributed by atoms with Gasteiger partial charge in [0, 0.05) is 11.6 Å². The topological polar surface area (TPSA) is 87.0 Å². The zero-order valence-corrected chi connectivity index (χ0v) is 12.9. The molecule has 1 aliphatic heterocycles. The molecule has 0 bridgehead atoms. The molecule has 1 unspecified atom stereocenters. The summed E-state index contributed by atoms with van der Waals surface area (Å²) >= 11 is 5.84. The maximum atomic E-state index is 13.7. The van der Waals surface area contributed by atoms with Crippen LogP contribution in [0.15, 0.2) is 23.8 Å². The number of halogens is 2. The molecule has 1 atom stereocenters. The Morgan fingerprint density at radius 3 is 2.77 bits per heavy atom. The zero-order valence-electron chi connectivity index (χ0n) is 11.3. The number of carbonyl (C=O) groups is 1.